The number of fused-ring (bicyclic) bond motifs is 1. The number of rotatable bonds is 3. The summed E-state index contributed by atoms with van der Waals surface area (Å²) in [5, 5.41) is 0. The number of hydrogen-bond acceptors (Lipinski definition) is 4. The molecule has 0 radical (unpaired) electrons. The van der Waals surface area contributed by atoms with Gasteiger partial charge in [0.25, 0.3) is 5.91 Å². The first kappa shape index (κ1) is 21.4. The van der Waals surface area contributed by atoms with Crippen LogP contribution in [0.15, 0.2) is 34.1 Å². The molecule has 0 saturated carbocycles. The summed E-state index contributed by atoms with van der Waals surface area (Å²) >= 11 is 0. The summed E-state index contributed by atoms with van der Waals surface area (Å²) in [7, 11) is -3.94. The normalized spacial score (nSPS) is 18.1. The van der Waals surface area contributed by atoms with E-state index in [1.54, 1.807) is 18.2 Å². The van der Waals surface area contributed by atoms with Gasteiger partial charge in [0.15, 0.2) is 23.3 Å². The molecule has 2 aromatic rings. The minimum absolute atomic E-state index is 0.0252. The number of halogens is 5. The van der Waals surface area contributed by atoms with Gasteiger partial charge in [-0.15, -0.1) is 0 Å². The van der Waals surface area contributed by atoms with Crippen LogP contribution in [0.1, 0.15) is 11.1 Å². The first-order valence-corrected chi connectivity index (χ1v) is 10.7. The molecule has 0 spiro atoms. The van der Waals surface area contributed by atoms with E-state index in [1.165, 1.54) is 21.9 Å². The molecule has 5 nitrogen and oxygen atoms in total. The summed E-state index contributed by atoms with van der Waals surface area (Å²) in [6.45, 7) is -0.369. The topological polar surface area (TPSA) is 57.7 Å². The molecule has 2 aliphatic rings. The number of hydrogen-bond donors (Lipinski definition) is 0. The van der Waals surface area contributed by atoms with Crippen molar-refractivity contribution in [1.82, 2.24) is 9.80 Å². The van der Waals surface area contributed by atoms with Crippen LogP contribution in [0.4, 0.5) is 22.0 Å². The van der Waals surface area contributed by atoms with E-state index in [0.29, 0.717) is 5.56 Å². The minimum Gasteiger partial charge on any atom is -0.335 e. The molecule has 0 atom stereocenters. The van der Waals surface area contributed by atoms with Crippen LogP contribution in [0.5, 0.6) is 0 Å². The fourth-order valence-electron chi connectivity index (χ4n) is 3.64. The van der Waals surface area contributed by atoms with Crippen LogP contribution in [0.25, 0.3) is 6.08 Å². The third kappa shape index (κ3) is 3.51. The lowest BCUT2D eigenvalue weighted by molar-refractivity contribution is -0.128. The van der Waals surface area contributed by atoms with Gasteiger partial charge in [-0.3, -0.25) is 9.69 Å². The van der Waals surface area contributed by atoms with Crippen molar-refractivity contribution >= 4 is 21.8 Å². The smallest absolute Gasteiger partial charge is 0.265 e. The van der Waals surface area contributed by atoms with Gasteiger partial charge in [-0.05, 0) is 17.7 Å². The van der Waals surface area contributed by atoms with Gasteiger partial charge < -0.3 is 4.90 Å². The quantitative estimate of drug-likeness (QED) is 0.403. The van der Waals surface area contributed by atoms with E-state index in [0.717, 1.165) is 0 Å². The van der Waals surface area contributed by atoms with Gasteiger partial charge in [-0.25, -0.2) is 30.4 Å². The molecule has 0 aliphatic carbocycles. The van der Waals surface area contributed by atoms with Crippen molar-refractivity contribution in [1.29, 1.82) is 0 Å². The Kier molecular flexibility index (Phi) is 5.34. The fraction of sp³-hybridized carbons (Fsp3) is 0.250. The lowest BCUT2D eigenvalue weighted by Gasteiger charge is -2.35. The van der Waals surface area contributed by atoms with Gasteiger partial charge in [0.1, 0.15) is 4.91 Å². The first-order chi connectivity index (χ1) is 14.6. The van der Waals surface area contributed by atoms with Gasteiger partial charge in [0.05, 0.1) is 4.90 Å². The summed E-state index contributed by atoms with van der Waals surface area (Å²) in [6.07, 6.45) is 1.30. The molecule has 0 bridgehead atoms. The molecule has 0 aromatic heterocycles. The lowest BCUT2D eigenvalue weighted by Crippen LogP contribution is -2.49. The number of carbonyl (C=O) groups excluding carboxylic acids is 1. The molecule has 0 unspecified atom stereocenters. The molecule has 2 aromatic carbocycles. The summed E-state index contributed by atoms with van der Waals surface area (Å²) in [5.74, 6) is -10.7. The molecule has 2 aliphatic heterocycles. The molecule has 31 heavy (non-hydrogen) atoms. The number of carbonyl (C=O) groups is 1. The third-order valence-electron chi connectivity index (χ3n) is 5.34. The number of sulfone groups is 1. The molecule has 164 valence electrons. The summed E-state index contributed by atoms with van der Waals surface area (Å²) in [6, 6.07) is 6.19. The molecule has 0 N–H and O–H groups in total. The number of amides is 1. The Labute approximate surface area is 174 Å². The SMILES string of the molecule is O=C(C1=Cc2ccccc2S1(=O)=O)N1CCN(Cc2c(F)c(F)c(F)c(F)c2F)CC1. The standard InChI is InChI=1S/C20H15F5N2O3S/c21-15-12(16(22)18(24)19(25)17(15)23)10-26-5-7-27(8-6-26)20(28)14-9-11-3-1-2-4-13(11)31(14,29)30/h1-4,9H,5-8,10H2. The summed E-state index contributed by atoms with van der Waals surface area (Å²) in [4.78, 5) is 15.2. The molecule has 4 rings (SSSR count). The van der Waals surface area contributed by atoms with Gasteiger partial charge in [0.2, 0.25) is 15.7 Å². The van der Waals surface area contributed by atoms with Gasteiger partial charge in [-0.1, -0.05) is 18.2 Å². The highest BCUT2D eigenvalue weighted by Gasteiger charge is 2.37. The highest BCUT2D eigenvalue weighted by molar-refractivity contribution is 7.96. The van der Waals surface area contributed by atoms with Crippen molar-refractivity contribution < 1.29 is 35.2 Å². The van der Waals surface area contributed by atoms with Crippen molar-refractivity contribution in [3.05, 3.63) is 69.4 Å². The lowest BCUT2D eigenvalue weighted by atomic mass is 10.1. The van der Waals surface area contributed by atoms with Crippen LogP contribution in [0, 0.1) is 29.1 Å². The van der Waals surface area contributed by atoms with E-state index in [9.17, 15) is 35.2 Å². The third-order valence-corrected chi connectivity index (χ3v) is 7.16. The second-order valence-electron chi connectivity index (χ2n) is 7.17. The Hall–Kier alpha value is -2.79. The Balaban J connectivity index is 1.47. The molecule has 2 heterocycles. The van der Waals surface area contributed by atoms with Crippen molar-refractivity contribution in [3.63, 3.8) is 0 Å². The molecule has 1 amide bonds. The van der Waals surface area contributed by atoms with Gasteiger partial charge >= 0.3 is 0 Å². The van der Waals surface area contributed by atoms with Crippen molar-refractivity contribution in [2.24, 2.45) is 0 Å². The van der Waals surface area contributed by atoms with Crippen LogP contribution in [0.2, 0.25) is 0 Å². The summed E-state index contributed by atoms with van der Waals surface area (Å²) in [5.41, 5.74) is -0.538. The maximum absolute atomic E-state index is 13.9. The Morgan fingerprint density at radius 3 is 1.97 bits per heavy atom. The highest BCUT2D eigenvalue weighted by Crippen LogP contribution is 2.33. The number of benzene rings is 2. The Bertz CT molecular complexity index is 1190. The monoisotopic (exact) mass is 458 g/mol. The Morgan fingerprint density at radius 2 is 1.39 bits per heavy atom. The zero-order chi connectivity index (χ0) is 22.5. The van der Waals surface area contributed by atoms with E-state index in [-0.39, 0.29) is 36.0 Å². The van der Waals surface area contributed by atoms with E-state index in [2.05, 4.69) is 0 Å². The van der Waals surface area contributed by atoms with Crippen LogP contribution in [-0.4, -0.2) is 50.3 Å². The maximum Gasteiger partial charge on any atom is 0.265 e. The zero-order valence-corrected chi connectivity index (χ0v) is 16.7. The van der Waals surface area contributed by atoms with Crippen molar-refractivity contribution in [2.75, 3.05) is 26.2 Å². The van der Waals surface area contributed by atoms with Crippen LogP contribution in [-0.2, 0) is 21.2 Å². The molecule has 11 heteroatoms. The zero-order valence-electron chi connectivity index (χ0n) is 15.8. The van der Waals surface area contributed by atoms with E-state index in [4.69, 9.17) is 0 Å². The second kappa shape index (κ2) is 7.72. The highest BCUT2D eigenvalue weighted by atomic mass is 32.2. The van der Waals surface area contributed by atoms with Gasteiger partial charge in [0, 0.05) is 38.3 Å². The van der Waals surface area contributed by atoms with Gasteiger partial charge in [-0.2, -0.15) is 0 Å². The Morgan fingerprint density at radius 1 is 0.839 bits per heavy atom. The number of nitrogens with zero attached hydrogens (tertiary/aromatic N) is 2. The molecule has 1 fully saturated rings. The minimum atomic E-state index is -3.94. The van der Waals surface area contributed by atoms with Crippen molar-refractivity contribution in [3.8, 4) is 0 Å². The average Bonchev–Trinajstić information content (AvgIpc) is 3.04. The predicted octanol–water partition coefficient (Wildman–Crippen LogP) is 2.85. The van der Waals surface area contributed by atoms with E-state index >= 15 is 0 Å². The fourth-order valence-corrected chi connectivity index (χ4v) is 5.21. The largest absolute Gasteiger partial charge is 0.335 e. The van der Waals surface area contributed by atoms with Crippen LogP contribution >= 0.6 is 0 Å². The first-order valence-electron chi connectivity index (χ1n) is 9.20. The van der Waals surface area contributed by atoms with E-state index in [1.807, 2.05) is 0 Å². The van der Waals surface area contributed by atoms with Crippen molar-refractivity contribution in [2.45, 2.75) is 11.4 Å². The molecule has 1 saturated heterocycles. The van der Waals surface area contributed by atoms with Crippen LogP contribution in [0.3, 0.4) is 0 Å². The predicted molar refractivity (Wildman–Crippen MR) is 99.7 cm³/mol. The van der Waals surface area contributed by atoms with Crippen LogP contribution < -0.4 is 0 Å². The molecular formula is C20H15F5N2O3S. The molecular weight excluding hydrogens is 443 g/mol. The second-order valence-corrected chi connectivity index (χ2v) is 9.05. The maximum atomic E-state index is 13.9. The average molecular weight is 458 g/mol. The summed E-state index contributed by atoms with van der Waals surface area (Å²) < 4.78 is 93.0. The van der Waals surface area contributed by atoms with E-state index < -0.39 is 56.9 Å². The number of piperazine rings is 1.